The predicted octanol–water partition coefficient (Wildman–Crippen LogP) is 2.20. The number of carbonyl (C=O) groups is 1. The highest BCUT2D eigenvalue weighted by atomic mass is 35.5. The predicted molar refractivity (Wildman–Crippen MR) is 90.2 cm³/mol. The molecule has 0 saturated carbocycles. The van der Waals surface area contributed by atoms with Crippen molar-refractivity contribution in [2.75, 3.05) is 6.54 Å². The molecule has 0 saturated heterocycles. The van der Waals surface area contributed by atoms with Crippen LogP contribution in [0.4, 0.5) is 0 Å². The third-order valence-electron chi connectivity index (χ3n) is 4.13. The normalized spacial score (nSPS) is 18.1. The zero-order valence-corrected chi connectivity index (χ0v) is 13.4. The molecule has 1 heterocycles. The Balaban J connectivity index is 1.57. The molecule has 0 unspecified atom stereocenters. The molecule has 3 N–H and O–H groups in total. The standard InChI is InChI=1S/C18H19ClN2O2/c19-15-8-4-3-7-14(15)17(22)11-21-18(23)16-9-12-5-1-2-6-13(12)10-20-16/h1-8,16-17,20,22H,9-11H2,(H,21,23)/t16-,17-/m1/s1. The summed E-state index contributed by atoms with van der Waals surface area (Å²) in [5.41, 5.74) is 3.04. The summed E-state index contributed by atoms with van der Waals surface area (Å²) in [5, 5.41) is 16.7. The molecule has 0 aliphatic carbocycles. The molecule has 0 spiro atoms. The molecule has 2 atom stereocenters. The van der Waals surface area contributed by atoms with Crippen molar-refractivity contribution in [3.8, 4) is 0 Å². The summed E-state index contributed by atoms with van der Waals surface area (Å²) in [6, 6.07) is 14.9. The van der Waals surface area contributed by atoms with Gasteiger partial charge < -0.3 is 15.7 Å². The number of hydrogen-bond acceptors (Lipinski definition) is 3. The molecule has 0 radical (unpaired) electrons. The molecule has 4 nitrogen and oxygen atoms in total. The van der Waals surface area contributed by atoms with Gasteiger partial charge in [0.25, 0.3) is 0 Å². The Labute approximate surface area is 140 Å². The fourth-order valence-electron chi connectivity index (χ4n) is 2.82. The maximum absolute atomic E-state index is 12.3. The SMILES string of the molecule is O=C(NC[C@@H](O)c1ccccc1Cl)[C@H]1Cc2ccccc2CN1. The van der Waals surface area contributed by atoms with Crippen molar-refractivity contribution in [3.63, 3.8) is 0 Å². The van der Waals surface area contributed by atoms with E-state index in [2.05, 4.69) is 22.8 Å². The first kappa shape index (κ1) is 16.0. The van der Waals surface area contributed by atoms with Gasteiger partial charge in [0.2, 0.25) is 5.91 Å². The van der Waals surface area contributed by atoms with Crippen molar-refractivity contribution in [1.29, 1.82) is 0 Å². The number of rotatable bonds is 4. The number of hydrogen-bond donors (Lipinski definition) is 3. The van der Waals surface area contributed by atoms with Gasteiger partial charge in [-0.3, -0.25) is 4.79 Å². The molecular formula is C18H19ClN2O2. The molecule has 120 valence electrons. The van der Waals surface area contributed by atoms with E-state index in [0.717, 1.165) is 0 Å². The highest BCUT2D eigenvalue weighted by Gasteiger charge is 2.24. The van der Waals surface area contributed by atoms with Gasteiger partial charge in [0.05, 0.1) is 12.1 Å². The van der Waals surface area contributed by atoms with Crippen molar-refractivity contribution in [1.82, 2.24) is 10.6 Å². The number of amides is 1. The molecule has 0 fully saturated rings. The number of fused-ring (bicyclic) bond motifs is 1. The summed E-state index contributed by atoms with van der Waals surface area (Å²) in [6.07, 6.45) is -0.159. The minimum atomic E-state index is -0.816. The summed E-state index contributed by atoms with van der Waals surface area (Å²) in [5.74, 6) is -0.106. The summed E-state index contributed by atoms with van der Waals surface area (Å²) in [4.78, 5) is 12.3. The molecule has 5 heteroatoms. The van der Waals surface area contributed by atoms with Gasteiger partial charge in [0.15, 0.2) is 0 Å². The van der Waals surface area contributed by atoms with Crippen LogP contribution in [-0.2, 0) is 17.8 Å². The van der Waals surface area contributed by atoms with E-state index in [1.807, 2.05) is 18.2 Å². The maximum atomic E-state index is 12.3. The molecular weight excluding hydrogens is 312 g/mol. The first-order valence-electron chi connectivity index (χ1n) is 7.65. The van der Waals surface area contributed by atoms with Gasteiger partial charge in [-0.15, -0.1) is 0 Å². The van der Waals surface area contributed by atoms with Gasteiger partial charge in [0, 0.05) is 23.7 Å². The molecule has 3 rings (SSSR count). The Kier molecular flexibility index (Phi) is 4.96. The Morgan fingerprint density at radius 1 is 1.22 bits per heavy atom. The van der Waals surface area contributed by atoms with Crippen LogP contribution in [0.3, 0.4) is 0 Å². The van der Waals surface area contributed by atoms with E-state index in [1.165, 1.54) is 11.1 Å². The largest absolute Gasteiger partial charge is 0.387 e. The van der Waals surface area contributed by atoms with Gasteiger partial charge in [-0.05, 0) is 23.6 Å². The number of aliphatic hydroxyl groups excluding tert-OH is 1. The van der Waals surface area contributed by atoms with E-state index < -0.39 is 6.10 Å². The van der Waals surface area contributed by atoms with Crippen LogP contribution in [0.1, 0.15) is 22.8 Å². The molecule has 0 bridgehead atoms. The Bertz CT molecular complexity index is 705. The van der Waals surface area contributed by atoms with Gasteiger partial charge in [-0.1, -0.05) is 54.1 Å². The van der Waals surface area contributed by atoms with Crippen LogP contribution < -0.4 is 10.6 Å². The minimum Gasteiger partial charge on any atom is -0.387 e. The van der Waals surface area contributed by atoms with Crippen molar-refractivity contribution < 1.29 is 9.90 Å². The maximum Gasteiger partial charge on any atom is 0.237 e. The van der Waals surface area contributed by atoms with E-state index in [-0.39, 0.29) is 18.5 Å². The van der Waals surface area contributed by atoms with Gasteiger partial charge in [-0.2, -0.15) is 0 Å². The van der Waals surface area contributed by atoms with Gasteiger partial charge in [0.1, 0.15) is 0 Å². The molecule has 23 heavy (non-hydrogen) atoms. The average Bonchev–Trinajstić information content (AvgIpc) is 2.59. The van der Waals surface area contributed by atoms with Crippen LogP contribution in [0.25, 0.3) is 0 Å². The Morgan fingerprint density at radius 3 is 2.70 bits per heavy atom. The third kappa shape index (κ3) is 3.72. The number of carbonyl (C=O) groups excluding carboxylic acids is 1. The summed E-state index contributed by atoms with van der Waals surface area (Å²) in [6.45, 7) is 0.823. The fraction of sp³-hybridized carbons (Fsp3) is 0.278. The smallest absolute Gasteiger partial charge is 0.237 e. The van der Waals surface area contributed by atoms with Crippen molar-refractivity contribution in [3.05, 3.63) is 70.2 Å². The minimum absolute atomic E-state index is 0.106. The quantitative estimate of drug-likeness (QED) is 0.805. The Hall–Kier alpha value is -1.88. The van der Waals surface area contributed by atoms with E-state index in [1.54, 1.807) is 18.2 Å². The second-order valence-corrected chi connectivity index (χ2v) is 6.10. The van der Waals surface area contributed by atoms with Crippen LogP contribution in [0.5, 0.6) is 0 Å². The monoisotopic (exact) mass is 330 g/mol. The molecule has 2 aromatic rings. The lowest BCUT2D eigenvalue weighted by Crippen LogP contribution is -2.48. The van der Waals surface area contributed by atoms with Crippen LogP contribution in [-0.4, -0.2) is 23.6 Å². The van der Waals surface area contributed by atoms with Crippen molar-refractivity contribution in [2.24, 2.45) is 0 Å². The number of nitrogens with one attached hydrogen (secondary N) is 2. The molecule has 0 aromatic heterocycles. The second-order valence-electron chi connectivity index (χ2n) is 5.69. The lowest BCUT2D eigenvalue weighted by atomic mass is 9.95. The lowest BCUT2D eigenvalue weighted by molar-refractivity contribution is -0.123. The Morgan fingerprint density at radius 2 is 1.91 bits per heavy atom. The average molecular weight is 331 g/mol. The van der Waals surface area contributed by atoms with Crippen LogP contribution in [0.2, 0.25) is 5.02 Å². The highest BCUT2D eigenvalue weighted by Crippen LogP contribution is 2.22. The second kappa shape index (κ2) is 7.13. The number of aliphatic hydroxyl groups is 1. The van der Waals surface area contributed by atoms with E-state index in [9.17, 15) is 9.90 Å². The zero-order chi connectivity index (χ0) is 16.2. The highest BCUT2D eigenvalue weighted by molar-refractivity contribution is 6.31. The summed E-state index contributed by atoms with van der Waals surface area (Å²) >= 11 is 6.05. The number of halogens is 1. The number of benzene rings is 2. The van der Waals surface area contributed by atoms with Crippen molar-refractivity contribution >= 4 is 17.5 Å². The van der Waals surface area contributed by atoms with Crippen LogP contribution >= 0.6 is 11.6 Å². The molecule has 2 aromatic carbocycles. The zero-order valence-electron chi connectivity index (χ0n) is 12.6. The van der Waals surface area contributed by atoms with Crippen LogP contribution in [0, 0.1) is 0 Å². The first-order valence-corrected chi connectivity index (χ1v) is 8.03. The van der Waals surface area contributed by atoms with Crippen molar-refractivity contribution in [2.45, 2.75) is 25.1 Å². The van der Waals surface area contributed by atoms with Gasteiger partial charge >= 0.3 is 0 Å². The van der Waals surface area contributed by atoms with Crippen LogP contribution in [0.15, 0.2) is 48.5 Å². The van der Waals surface area contributed by atoms with E-state index in [0.29, 0.717) is 23.6 Å². The fourth-order valence-corrected chi connectivity index (χ4v) is 3.08. The third-order valence-corrected chi connectivity index (χ3v) is 4.48. The summed E-state index contributed by atoms with van der Waals surface area (Å²) < 4.78 is 0. The van der Waals surface area contributed by atoms with E-state index in [4.69, 9.17) is 11.6 Å². The summed E-state index contributed by atoms with van der Waals surface area (Å²) in [7, 11) is 0. The molecule has 1 aliphatic rings. The van der Waals surface area contributed by atoms with E-state index >= 15 is 0 Å². The topological polar surface area (TPSA) is 61.4 Å². The molecule has 1 amide bonds. The molecule has 1 aliphatic heterocycles. The van der Waals surface area contributed by atoms with Gasteiger partial charge in [-0.25, -0.2) is 0 Å². The lowest BCUT2D eigenvalue weighted by Gasteiger charge is -2.25. The first-order chi connectivity index (χ1) is 11.1.